The van der Waals surface area contributed by atoms with Gasteiger partial charge in [0, 0.05) is 11.7 Å². The predicted octanol–water partition coefficient (Wildman–Crippen LogP) is 3.62. The minimum absolute atomic E-state index is 0.0792. The SMILES string of the molecule is Cc1ccc(NS(=O)(=O)c2ccc(OCC(=O)NC3CCCCC3)cc2)cc1. The van der Waals surface area contributed by atoms with Crippen LogP contribution < -0.4 is 14.8 Å². The van der Waals surface area contributed by atoms with Crippen LogP contribution >= 0.6 is 0 Å². The van der Waals surface area contributed by atoms with Crippen molar-refractivity contribution in [2.45, 2.75) is 50.0 Å². The minimum Gasteiger partial charge on any atom is -0.484 e. The molecule has 0 aromatic heterocycles. The van der Waals surface area contributed by atoms with Crippen molar-refractivity contribution in [3.05, 3.63) is 54.1 Å². The van der Waals surface area contributed by atoms with Gasteiger partial charge in [0.2, 0.25) is 0 Å². The molecule has 2 aromatic rings. The summed E-state index contributed by atoms with van der Waals surface area (Å²) >= 11 is 0. The summed E-state index contributed by atoms with van der Waals surface area (Å²) < 4.78 is 33.0. The van der Waals surface area contributed by atoms with E-state index in [1.54, 1.807) is 24.3 Å². The Balaban J connectivity index is 1.53. The molecule has 1 fully saturated rings. The Hall–Kier alpha value is -2.54. The number of aryl methyl sites for hydroxylation is 1. The van der Waals surface area contributed by atoms with E-state index in [-0.39, 0.29) is 23.5 Å². The summed E-state index contributed by atoms with van der Waals surface area (Å²) in [5.74, 6) is 0.303. The van der Waals surface area contributed by atoms with E-state index in [9.17, 15) is 13.2 Å². The van der Waals surface area contributed by atoms with Crippen molar-refractivity contribution < 1.29 is 17.9 Å². The number of anilines is 1. The van der Waals surface area contributed by atoms with Crippen LogP contribution in [-0.4, -0.2) is 27.0 Å². The Morgan fingerprint density at radius 1 is 1.00 bits per heavy atom. The monoisotopic (exact) mass is 402 g/mol. The fourth-order valence-corrected chi connectivity index (χ4v) is 4.27. The van der Waals surface area contributed by atoms with Crippen LogP contribution in [0.5, 0.6) is 5.75 Å². The Morgan fingerprint density at radius 2 is 1.64 bits per heavy atom. The van der Waals surface area contributed by atoms with Gasteiger partial charge >= 0.3 is 0 Å². The maximum atomic E-state index is 12.5. The van der Waals surface area contributed by atoms with Crippen LogP contribution in [0.15, 0.2) is 53.4 Å². The van der Waals surface area contributed by atoms with E-state index in [2.05, 4.69) is 10.0 Å². The van der Waals surface area contributed by atoms with Crippen LogP contribution in [0.1, 0.15) is 37.7 Å². The average Bonchev–Trinajstić information content (AvgIpc) is 2.69. The van der Waals surface area contributed by atoms with Gasteiger partial charge in [-0.25, -0.2) is 8.42 Å². The number of benzene rings is 2. The number of carbonyl (C=O) groups excluding carboxylic acids is 1. The third-order valence-electron chi connectivity index (χ3n) is 4.78. The van der Waals surface area contributed by atoms with E-state index in [4.69, 9.17) is 4.74 Å². The van der Waals surface area contributed by atoms with Crippen molar-refractivity contribution in [3.8, 4) is 5.75 Å². The van der Waals surface area contributed by atoms with Gasteiger partial charge in [0.05, 0.1) is 4.90 Å². The first-order chi connectivity index (χ1) is 13.4. The molecule has 0 bridgehead atoms. The molecule has 3 rings (SSSR count). The molecule has 0 radical (unpaired) electrons. The molecule has 0 saturated heterocycles. The smallest absolute Gasteiger partial charge is 0.261 e. The molecule has 1 saturated carbocycles. The van der Waals surface area contributed by atoms with E-state index in [1.807, 2.05) is 19.1 Å². The summed E-state index contributed by atoms with van der Waals surface area (Å²) in [4.78, 5) is 12.1. The number of hydrogen-bond acceptors (Lipinski definition) is 4. The van der Waals surface area contributed by atoms with Crippen molar-refractivity contribution in [3.63, 3.8) is 0 Å². The van der Waals surface area contributed by atoms with Crippen LogP contribution in [0.4, 0.5) is 5.69 Å². The Kier molecular flexibility index (Phi) is 6.57. The Labute approximate surface area is 166 Å². The van der Waals surface area contributed by atoms with E-state index < -0.39 is 10.0 Å². The molecule has 0 atom stereocenters. The molecule has 1 aliphatic rings. The average molecular weight is 403 g/mol. The van der Waals surface area contributed by atoms with Gasteiger partial charge < -0.3 is 10.1 Å². The van der Waals surface area contributed by atoms with Gasteiger partial charge in [-0.2, -0.15) is 0 Å². The summed E-state index contributed by atoms with van der Waals surface area (Å²) in [6.45, 7) is 1.86. The zero-order valence-electron chi connectivity index (χ0n) is 16.0. The number of carbonyl (C=O) groups is 1. The highest BCUT2D eigenvalue weighted by atomic mass is 32.2. The zero-order valence-corrected chi connectivity index (χ0v) is 16.8. The van der Waals surface area contributed by atoms with Gasteiger partial charge in [-0.15, -0.1) is 0 Å². The first-order valence-electron chi connectivity index (χ1n) is 9.54. The van der Waals surface area contributed by atoms with Crippen LogP contribution in [0.3, 0.4) is 0 Å². The van der Waals surface area contributed by atoms with Crippen LogP contribution in [0.2, 0.25) is 0 Å². The van der Waals surface area contributed by atoms with Gasteiger partial charge in [0.1, 0.15) is 5.75 Å². The maximum Gasteiger partial charge on any atom is 0.261 e. The number of nitrogens with one attached hydrogen (secondary N) is 2. The van der Waals surface area contributed by atoms with Crippen LogP contribution in [-0.2, 0) is 14.8 Å². The van der Waals surface area contributed by atoms with Gasteiger partial charge in [-0.05, 0) is 56.2 Å². The summed E-state index contributed by atoms with van der Waals surface area (Å²) in [5, 5.41) is 2.99. The summed E-state index contributed by atoms with van der Waals surface area (Å²) in [7, 11) is -3.68. The van der Waals surface area contributed by atoms with Crippen LogP contribution in [0, 0.1) is 6.92 Å². The second kappa shape index (κ2) is 9.10. The molecule has 6 nitrogen and oxygen atoms in total. The second-order valence-corrected chi connectivity index (χ2v) is 8.82. The van der Waals surface area contributed by atoms with Gasteiger partial charge in [0.15, 0.2) is 6.61 Å². The fourth-order valence-electron chi connectivity index (χ4n) is 3.22. The van der Waals surface area contributed by atoms with Crippen molar-refractivity contribution in [1.29, 1.82) is 0 Å². The molecule has 0 heterocycles. The lowest BCUT2D eigenvalue weighted by molar-refractivity contribution is -0.124. The quantitative estimate of drug-likeness (QED) is 0.741. The molecule has 150 valence electrons. The fraction of sp³-hybridized carbons (Fsp3) is 0.381. The summed E-state index contributed by atoms with van der Waals surface area (Å²) in [6.07, 6.45) is 5.58. The molecular weight excluding hydrogens is 376 g/mol. The Bertz CT molecular complexity index is 887. The predicted molar refractivity (Wildman–Crippen MR) is 109 cm³/mol. The standard InChI is InChI=1S/C21H26N2O4S/c1-16-7-9-18(10-8-16)23-28(25,26)20-13-11-19(12-14-20)27-15-21(24)22-17-5-3-2-4-6-17/h7-14,17,23H,2-6,15H2,1H3,(H,22,24). The van der Waals surface area contributed by atoms with Crippen molar-refractivity contribution >= 4 is 21.6 Å². The highest BCUT2D eigenvalue weighted by molar-refractivity contribution is 7.92. The molecule has 1 aliphatic carbocycles. The summed E-state index contributed by atoms with van der Waals surface area (Å²) in [5.41, 5.74) is 1.56. The van der Waals surface area contributed by atoms with E-state index in [0.29, 0.717) is 11.4 Å². The number of amides is 1. The third kappa shape index (κ3) is 5.73. The van der Waals surface area contributed by atoms with E-state index >= 15 is 0 Å². The molecule has 1 amide bonds. The Morgan fingerprint density at radius 3 is 2.29 bits per heavy atom. The first-order valence-corrected chi connectivity index (χ1v) is 11.0. The van der Waals surface area contributed by atoms with Gasteiger partial charge in [0.25, 0.3) is 15.9 Å². The summed E-state index contributed by atoms with van der Waals surface area (Å²) in [6, 6.07) is 13.4. The minimum atomic E-state index is -3.68. The largest absolute Gasteiger partial charge is 0.484 e. The highest BCUT2D eigenvalue weighted by Crippen LogP contribution is 2.20. The molecule has 0 aliphatic heterocycles. The van der Waals surface area contributed by atoms with E-state index in [0.717, 1.165) is 31.2 Å². The molecule has 2 aromatic carbocycles. The van der Waals surface area contributed by atoms with Crippen molar-refractivity contribution in [2.24, 2.45) is 0 Å². The lowest BCUT2D eigenvalue weighted by Crippen LogP contribution is -2.38. The maximum absolute atomic E-state index is 12.5. The molecular formula is C21H26N2O4S. The first kappa shape index (κ1) is 20.2. The highest BCUT2D eigenvalue weighted by Gasteiger charge is 2.17. The molecule has 0 unspecified atom stereocenters. The van der Waals surface area contributed by atoms with Crippen LogP contribution in [0.25, 0.3) is 0 Å². The number of hydrogen-bond donors (Lipinski definition) is 2. The molecule has 7 heteroatoms. The van der Waals surface area contributed by atoms with Crippen molar-refractivity contribution in [2.75, 3.05) is 11.3 Å². The number of sulfonamides is 1. The van der Waals surface area contributed by atoms with E-state index in [1.165, 1.54) is 18.6 Å². The topological polar surface area (TPSA) is 84.5 Å². The molecule has 2 N–H and O–H groups in total. The second-order valence-electron chi connectivity index (χ2n) is 7.13. The normalized spacial score (nSPS) is 15.0. The lowest BCUT2D eigenvalue weighted by atomic mass is 9.95. The number of rotatable bonds is 7. The zero-order chi connectivity index (χ0) is 20.0. The molecule has 28 heavy (non-hydrogen) atoms. The lowest BCUT2D eigenvalue weighted by Gasteiger charge is -2.22. The van der Waals surface area contributed by atoms with Gasteiger partial charge in [-0.1, -0.05) is 37.0 Å². The number of ether oxygens (including phenoxy) is 1. The van der Waals surface area contributed by atoms with Crippen molar-refractivity contribution in [1.82, 2.24) is 5.32 Å². The third-order valence-corrected chi connectivity index (χ3v) is 6.18. The molecule has 0 spiro atoms. The van der Waals surface area contributed by atoms with Gasteiger partial charge in [-0.3, -0.25) is 9.52 Å².